The Morgan fingerprint density at radius 3 is 2.14 bits per heavy atom. The Kier molecular flexibility index (Phi) is 7.79. The van der Waals surface area contributed by atoms with Crippen molar-refractivity contribution in [1.82, 2.24) is 10.0 Å². The van der Waals surface area contributed by atoms with E-state index in [0.29, 0.717) is 12.8 Å². The van der Waals surface area contributed by atoms with Crippen LogP contribution in [0.4, 0.5) is 4.39 Å². The van der Waals surface area contributed by atoms with E-state index < -0.39 is 47.2 Å². The number of fused-ring (bicyclic) bond motifs is 1. The minimum absolute atomic E-state index is 0.00265. The van der Waals surface area contributed by atoms with Crippen molar-refractivity contribution in [3.05, 3.63) is 69.5 Å². The molecule has 10 heteroatoms. The number of rotatable bonds is 7. The summed E-state index contributed by atoms with van der Waals surface area (Å²) in [7, 11) is 0. The number of imide groups is 1. The summed E-state index contributed by atoms with van der Waals surface area (Å²) < 4.78 is 13.5. The summed E-state index contributed by atoms with van der Waals surface area (Å²) in [4.78, 5) is 54.3. The number of benzene rings is 2. The normalized spacial score (nSPS) is 20.5. The molecule has 2 aromatic carbocycles. The van der Waals surface area contributed by atoms with Gasteiger partial charge in [-0.1, -0.05) is 36.0 Å². The maximum Gasteiger partial charge on any atom is 0.275 e. The highest BCUT2D eigenvalue weighted by Gasteiger charge is 2.53. The second-order valence-corrected chi connectivity index (χ2v) is 9.85. The van der Waals surface area contributed by atoms with Gasteiger partial charge in [0.2, 0.25) is 0 Å². The Labute approximate surface area is 216 Å². The van der Waals surface area contributed by atoms with Crippen molar-refractivity contribution < 1.29 is 23.6 Å². The monoisotopic (exact) mass is 538 g/mol. The molecular weight excluding hydrogens is 518 g/mol. The third kappa shape index (κ3) is 4.95. The number of hydrazine groups is 1. The largest absolute Gasteiger partial charge is 0.292 e. The molecule has 2 aromatic rings. The molecule has 2 fully saturated rings. The SMILES string of the molecule is O=C(c1ccc(F)cc1)[C@H](CCCl)N(C(=O)c1ccc(Cl)cc1Cl)N1C(=O)[C@H]2CCCC[C@@H]2C1=O. The highest BCUT2D eigenvalue weighted by atomic mass is 35.5. The number of ketones is 1. The van der Waals surface area contributed by atoms with Crippen LogP contribution in [0, 0.1) is 17.7 Å². The molecule has 3 atom stereocenters. The van der Waals surface area contributed by atoms with Crippen LogP contribution in [-0.4, -0.2) is 45.4 Å². The van der Waals surface area contributed by atoms with E-state index in [0.717, 1.165) is 35.0 Å². The predicted octanol–water partition coefficient (Wildman–Crippen LogP) is 5.55. The Morgan fingerprint density at radius 1 is 1.00 bits per heavy atom. The molecule has 184 valence electrons. The molecule has 0 spiro atoms. The van der Waals surface area contributed by atoms with Crippen LogP contribution in [0.2, 0.25) is 10.0 Å². The molecule has 1 saturated heterocycles. The zero-order valence-electron chi connectivity index (χ0n) is 18.6. The summed E-state index contributed by atoms with van der Waals surface area (Å²) in [5.41, 5.74) is 0.0797. The van der Waals surface area contributed by atoms with Crippen molar-refractivity contribution in [2.75, 3.05) is 5.88 Å². The summed E-state index contributed by atoms with van der Waals surface area (Å²) in [6.45, 7) is 0. The molecule has 35 heavy (non-hydrogen) atoms. The van der Waals surface area contributed by atoms with Crippen LogP contribution >= 0.6 is 34.8 Å². The van der Waals surface area contributed by atoms with E-state index in [1.165, 1.54) is 30.3 Å². The first-order chi connectivity index (χ1) is 16.7. The summed E-state index contributed by atoms with van der Waals surface area (Å²) in [5.74, 6) is -4.12. The average molecular weight is 540 g/mol. The van der Waals surface area contributed by atoms with Gasteiger partial charge in [-0.25, -0.2) is 9.40 Å². The van der Waals surface area contributed by atoms with Crippen LogP contribution in [0.25, 0.3) is 0 Å². The standard InChI is InChI=1S/C25H22Cl3FN2O4/c26-12-11-21(22(32)14-5-8-16(29)9-6-14)30(25(35)19-10-7-15(27)13-20(19)28)31-23(33)17-3-1-2-4-18(17)24(31)34/h5-10,13,17-18,21H,1-4,11-12H2/t17-,18-,21-/m0/s1. The summed E-state index contributed by atoms with van der Waals surface area (Å²) in [6, 6.07) is 7.68. The first-order valence-corrected chi connectivity index (χ1v) is 12.6. The maximum absolute atomic E-state index is 13.9. The van der Waals surface area contributed by atoms with Gasteiger partial charge < -0.3 is 0 Å². The van der Waals surface area contributed by atoms with Crippen molar-refractivity contribution in [3.63, 3.8) is 0 Å². The Balaban J connectivity index is 1.83. The molecule has 4 rings (SSSR count). The van der Waals surface area contributed by atoms with Crippen molar-refractivity contribution in [2.24, 2.45) is 11.8 Å². The van der Waals surface area contributed by atoms with Gasteiger partial charge in [0.25, 0.3) is 17.7 Å². The lowest BCUT2D eigenvalue weighted by Crippen LogP contribution is -2.57. The third-order valence-electron chi connectivity index (χ3n) is 6.51. The lowest BCUT2D eigenvalue weighted by atomic mass is 9.81. The Hall–Kier alpha value is -2.48. The minimum Gasteiger partial charge on any atom is -0.292 e. The molecular formula is C25H22Cl3FN2O4. The number of nitrogens with zero attached hydrogens (tertiary/aromatic N) is 2. The van der Waals surface area contributed by atoms with Crippen molar-refractivity contribution >= 4 is 58.3 Å². The number of Topliss-reactive ketones (excluding diaryl/α,β-unsaturated/α-hetero) is 1. The van der Waals surface area contributed by atoms with Gasteiger partial charge in [-0.15, -0.1) is 11.6 Å². The molecule has 0 aromatic heterocycles. The number of hydrogen-bond donors (Lipinski definition) is 0. The van der Waals surface area contributed by atoms with Crippen LogP contribution in [-0.2, 0) is 9.59 Å². The molecule has 3 amide bonds. The average Bonchev–Trinajstić information content (AvgIpc) is 3.09. The van der Waals surface area contributed by atoms with E-state index in [4.69, 9.17) is 34.8 Å². The number of halogens is 4. The molecule has 0 bridgehead atoms. The third-order valence-corrected chi connectivity index (χ3v) is 7.28. The number of amides is 3. The Bertz CT molecular complexity index is 1150. The lowest BCUT2D eigenvalue weighted by molar-refractivity contribution is -0.156. The van der Waals surface area contributed by atoms with E-state index in [9.17, 15) is 23.6 Å². The van der Waals surface area contributed by atoms with Gasteiger partial charge in [0.05, 0.1) is 22.4 Å². The van der Waals surface area contributed by atoms with Gasteiger partial charge in [-0.3, -0.25) is 19.2 Å². The van der Waals surface area contributed by atoms with Crippen LogP contribution in [0.15, 0.2) is 42.5 Å². The molecule has 0 N–H and O–H groups in total. The van der Waals surface area contributed by atoms with E-state index >= 15 is 0 Å². The van der Waals surface area contributed by atoms with E-state index in [2.05, 4.69) is 0 Å². The quantitative estimate of drug-likeness (QED) is 0.263. The fourth-order valence-corrected chi connectivity index (χ4v) is 5.49. The second kappa shape index (κ2) is 10.6. The van der Waals surface area contributed by atoms with Crippen LogP contribution < -0.4 is 0 Å². The smallest absolute Gasteiger partial charge is 0.275 e. The number of carbonyl (C=O) groups is 4. The van der Waals surface area contributed by atoms with E-state index in [1.54, 1.807) is 0 Å². The molecule has 1 heterocycles. The van der Waals surface area contributed by atoms with Gasteiger partial charge in [0.1, 0.15) is 11.9 Å². The first kappa shape index (κ1) is 25.6. The van der Waals surface area contributed by atoms with Crippen LogP contribution in [0.1, 0.15) is 52.8 Å². The minimum atomic E-state index is -1.30. The van der Waals surface area contributed by atoms with Gasteiger partial charge in [-0.2, -0.15) is 5.01 Å². The van der Waals surface area contributed by atoms with E-state index in [1.807, 2.05) is 0 Å². The molecule has 0 unspecified atom stereocenters. The maximum atomic E-state index is 13.9. The molecule has 1 saturated carbocycles. The predicted molar refractivity (Wildman–Crippen MR) is 130 cm³/mol. The number of alkyl halides is 1. The highest BCUT2D eigenvalue weighted by molar-refractivity contribution is 6.36. The summed E-state index contributed by atoms with van der Waals surface area (Å²) in [5, 5.41) is 2.00. The van der Waals surface area contributed by atoms with Gasteiger partial charge in [0.15, 0.2) is 5.78 Å². The molecule has 2 aliphatic rings. The molecule has 6 nitrogen and oxygen atoms in total. The zero-order chi connectivity index (χ0) is 25.3. The number of carbonyl (C=O) groups excluding carboxylic acids is 4. The van der Waals surface area contributed by atoms with Gasteiger partial charge in [-0.05, 0) is 61.7 Å². The molecule has 1 aliphatic carbocycles. The van der Waals surface area contributed by atoms with Crippen molar-refractivity contribution in [3.8, 4) is 0 Å². The molecule has 1 aliphatic heterocycles. The topological polar surface area (TPSA) is 74.8 Å². The van der Waals surface area contributed by atoms with Crippen molar-refractivity contribution in [2.45, 2.75) is 38.1 Å². The first-order valence-electron chi connectivity index (χ1n) is 11.3. The fourth-order valence-electron chi connectivity index (χ4n) is 4.79. The van der Waals surface area contributed by atoms with Crippen LogP contribution in [0.5, 0.6) is 0 Å². The Morgan fingerprint density at radius 2 is 1.60 bits per heavy atom. The highest BCUT2D eigenvalue weighted by Crippen LogP contribution is 2.40. The number of hydrogen-bond acceptors (Lipinski definition) is 4. The second-order valence-electron chi connectivity index (χ2n) is 8.62. The van der Waals surface area contributed by atoms with Crippen LogP contribution in [0.3, 0.4) is 0 Å². The zero-order valence-corrected chi connectivity index (χ0v) is 20.8. The van der Waals surface area contributed by atoms with Gasteiger partial charge in [0, 0.05) is 16.5 Å². The molecule has 0 radical (unpaired) electrons. The summed E-state index contributed by atoms with van der Waals surface area (Å²) >= 11 is 18.3. The fraction of sp³-hybridized carbons (Fsp3) is 0.360. The van der Waals surface area contributed by atoms with Crippen molar-refractivity contribution in [1.29, 1.82) is 0 Å². The van der Waals surface area contributed by atoms with E-state index in [-0.39, 0.29) is 33.5 Å². The lowest BCUT2D eigenvalue weighted by Gasteiger charge is -2.36. The summed E-state index contributed by atoms with van der Waals surface area (Å²) in [6.07, 6.45) is 2.60. The van der Waals surface area contributed by atoms with Gasteiger partial charge >= 0.3 is 0 Å².